The maximum absolute atomic E-state index is 13.1. The molecule has 0 unspecified atom stereocenters. The first-order valence-corrected chi connectivity index (χ1v) is 10.6. The van der Waals surface area contributed by atoms with Gasteiger partial charge in [0.25, 0.3) is 0 Å². The third-order valence-electron chi connectivity index (χ3n) is 4.08. The summed E-state index contributed by atoms with van der Waals surface area (Å²) in [6.45, 7) is 7.94. The summed E-state index contributed by atoms with van der Waals surface area (Å²) in [6, 6.07) is 4.82. The molecule has 1 aromatic carbocycles. The summed E-state index contributed by atoms with van der Waals surface area (Å²) in [6.07, 6.45) is 1.43. The molecule has 0 heterocycles. The summed E-state index contributed by atoms with van der Waals surface area (Å²) in [5, 5.41) is 6.42. The first kappa shape index (κ1) is 26.1. The van der Waals surface area contributed by atoms with Crippen LogP contribution in [0.4, 0.5) is 4.39 Å². The standard InChI is InChI=1S/C18H31FN4O2S.HI/c1-5-20-18(21-11-7-13-23(4)26(24,25)6-2)22-12-10-16-8-9-17(19)14-15(16)3;/h8-9,14H,5-7,10-13H2,1-4H3,(H2,20,21,22);1H. The summed E-state index contributed by atoms with van der Waals surface area (Å²) in [5.41, 5.74) is 2.04. The molecule has 0 fully saturated rings. The number of halogens is 2. The van der Waals surface area contributed by atoms with Crippen molar-refractivity contribution >= 4 is 40.0 Å². The molecule has 0 saturated heterocycles. The number of guanidine groups is 1. The number of hydrogen-bond donors (Lipinski definition) is 2. The lowest BCUT2D eigenvalue weighted by Gasteiger charge is -2.15. The zero-order chi connectivity index (χ0) is 19.6. The number of sulfonamides is 1. The molecule has 0 aliphatic heterocycles. The first-order valence-electron chi connectivity index (χ1n) is 9.01. The van der Waals surface area contributed by atoms with Gasteiger partial charge in [-0.2, -0.15) is 0 Å². The molecule has 0 aromatic heterocycles. The van der Waals surface area contributed by atoms with E-state index in [2.05, 4.69) is 15.6 Å². The van der Waals surface area contributed by atoms with E-state index in [0.29, 0.717) is 32.0 Å². The maximum Gasteiger partial charge on any atom is 0.213 e. The summed E-state index contributed by atoms with van der Waals surface area (Å²) >= 11 is 0. The smallest absolute Gasteiger partial charge is 0.213 e. The fraction of sp³-hybridized carbons (Fsp3) is 0.611. The molecule has 27 heavy (non-hydrogen) atoms. The Morgan fingerprint density at radius 1 is 1.26 bits per heavy atom. The molecule has 0 amide bonds. The van der Waals surface area contributed by atoms with Crippen LogP contribution in [0.3, 0.4) is 0 Å². The molecule has 0 radical (unpaired) electrons. The lowest BCUT2D eigenvalue weighted by molar-refractivity contribution is 0.465. The van der Waals surface area contributed by atoms with E-state index in [4.69, 9.17) is 0 Å². The molecule has 0 aliphatic rings. The second-order valence-electron chi connectivity index (χ2n) is 6.08. The molecular weight excluding hydrogens is 482 g/mol. The average molecular weight is 514 g/mol. The fourth-order valence-electron chi connectivity index (χ4n) is 2.44. The van der Waals surface area contributed by atoms with Gasteiger partial charge in [-0.25, -0.2) is 17.1 Å². The van der Waals surface area contributed by atoms with Crippen molar-refractivity contribution in [2.75, 3.05) is 39.0 Å². The summed E-state index contributed by atoms with van der Waals surface area (Å²) in [7, 11) is -1.54. The first-order chi connectivity index (χ1) is 12.3. The molecule has 1 rings (SSSR count). The number of nitrogens with one attached hydrogen (secondary N) is 2. The number of aliphatic imine (C=N–C) groups is 1. The molecule has 2 N–H and O–H groups in total. The molecule has 156 valence electrons. The van der Waals surface area contributed by atoms with E-state index in [1.165, 1.54) is 16.4 Å². The highest BCUT2D eigenvalue weighted by atomic mass is 127. The van der Waals surface area contributed by atoms with Crippen molar-refractivity contribution in [3.63, 3.8) is 0 Å². The van der Waals surface area contributed by atoms with Crippen molar-refractivity contribution in [2.24, 2.45) is 4.99 Å². The van der Waals surface area contributed by atoms with Gasteiger partial charge in [0.1, 0.15) is 5.82 Å². The fourth-order valence-corrected chi connectivity index (χ4v) is 3.29. The number of nitrogens with zero attached hydrogens (tertiary/aromatic N) is 2. The van der Waals surface area contributed by atoms with Gasteiger partial charge in [0.2, 0.25) is 10.0 Å². The van der Waals surface area contributed by atoms with Gasteiger partial charge in [0.05, 0.1) is 5.75 Å². The molecule has 6 nitrogen and oxygen atoms in total. The zero-order valence-corrected chi connectivity index (χ0v) is 19.7. The quantitative estimate of drug-likeness (QED) is 0.218. The van der Waals surface area contributed by atoms with Crippen molar-refractivity contribution in [1.82, 2.24) is 14.9 Å². The molecule has 0 saturated carbocycles. The van der Waals surface area contributed by atoms with Crippen LogP contribution in [0.1, 0.15) is 31.4 Å². The Bertz CT molecular complexity index is 699. The Kier molecular flexibility index (Phi) is 12.8. The van der Waals surface area contributed by atoms with Crippen LogP contribution in [0.15, 0.2) is 23.2 Å². The van der Waals surface area contributed by atoms with Crippen molar-refractivity contribution < 1.29 is 12.8 Å². The Morgan fingerprint density at radius 2 is 1.96 bits per heavy atom. The van der Waals surface area contributed by atoms with E-state index in [-0.39, 0.29) is 35.5 Å². The number of rotatable bonds is 10. The minimum absolute atomic E-state index is 0. The predicted molar refractivity (Wildman–Crippen MR) is 121 cm³/mol. The summed E-state index contributed by atoms with van der Waals surface area (Å²) in [5.74, 6) is 0.595. The normalized spacial score (nSPS) is 12.0. The highest BCUT2D eigenvalue weighted by Gasteiger charge is 2.13. The number of benzene rings is 1. The van der Waals surface area contributed by atoms with E-state index in [0.717, 1.165) is 24.1 Å². The highest BCUT2D eigenvalue weighted by Crippen LogP contribution is 2.10. The van der Waals surface area contributed by atoms with Gasteiger partial charge < -0.3 is 10.6 Å². The van der Waals surface area contributed by atoms with Crippen LogP contribution in [0.25, 0.3) is 0 Å². The van der Waals surface area contributed by atoms with Crippen LogP contribution in [-0.4, -0.2) is 57.7 Å². The van der Waals surface area contributed by atoms with Gasteiger partial charge >= 0.3 is 0 Å². The average Bonchev–Trinajstić information content (AvgIpc) is 2.60. The molecular formula is C18H32FIN4O2S. The number of hydrogen-bond acceptors (Lipinski definition) is 3. The van der Waals surface area contributed by atoms with E-state index >= 15 is 0 Å². The molecule has 0 atom stereocenters. The second-order valence-corrected chi connectivity index (χ2v) is 8.45. The van der Waals surface area contributed by atoms with Crippen molar-refractivity contribution in [3.05, 3.63) is 35.1 Å². The third kappa shape index (κ3) is 9.70. The topological polar surface area (TPSA) is 73.8 Å². The largest absolute Gasteiger partial charge is 0.357 e. The second kappa shape index (κ2) is 13.3. The van der Waals surface area contributed by atoms with E-state index in [9.17, 15) is 12.8 Å². The van der Waals surface area contributed by atoms with Crippen molar-refractivity contribution in [3.8, 4) is 0 Å². The van der Waals surface area contributed by atoms with Gasteiger partial charge in [-0.1, -0.05) is 6.07 Å². The SMILES string of the molecule is CCNC(=NCCCN(C)S(=O)(=O)CC)NCCc1ccc(F)cc1C.I. The predicted octanol–water partition coefficient (Wildman–Crippen LogP) is 2.52. The zero-order valence-electron chi connectivity index (χ0n) is 16.6. The van der Waals surface area contributed by atoms with Crippen LogP contribution in [0, 0.1) is 12.7 Å². The summed E-state index contributed by atoms with van der Waals surface area (Å²) < 4.78 is 37.9. The summed E-state index contributed by atoms with van der Waals surface area (Å²) in [4.78, 5) is 4.47. The Labute approximate surface area is 180 Å². The number of aryl methyl sites for hydroxylation is 1. The van der Waals surface area contributed by atoms with Gasteiger partial charge in [0.15, 0.2) is 5.96 Å². The Hall–Kier alpha value is -0.940. The molecule has 0 spiro atoms. The van der Waals surface area contributed by atoms with Crippen LogP contribution in [-0.2, 0) is 16.4 Å². The van der Waals surface area contributed by atoms with E-state index in [1.807, 2.05) is 13.8 Å². The highest BCUT2D eigenvalue weighted by molar-refractivity contribution is 14.0. The minimum Gasteiger partial charge on any atom is -0.357 e. The van der Waals surface area contributed by atoms with Crippen LogP contribution < -0.4 is 10.6 Å². The lowest BCUT2D eigenvalue weighted by atomic mass is 10.1. The molecule has 0 aliphatic carbocycles. The van der Waals surface area contributed by atoms with Crippen LogP contribution in [0.2, 0.25) is 0 Å². The van der Waals surface area contributed by atoms with Crippen LogP contribution >= 0.6 is 24.0 Å². The lowest BCUT2D eigenvalue weighted by Crippen LogP contribution is -2.38. The van der Waals surface area contributed by atoms with Gasteiger partial charge in [-0.05, 0) is 56.9 Å². The Balaban J connectivity index is 0.00000676. The van der Waals surface area contributed by atoms with Crippen LogP contribution in [0.5, 0.6) is 0 Å². The van der Waals surface area contributed by atoms with E-state index < -0.39 is 10.0 Å². The maximum atomic E-state index is 13.1. The molecule has 1 aromatic rings. The van der Waals surface area contributed by atoms with Crippen molar-refractivity contribution in [1.29, 1.82) is 0 Å². The molecule has 0 bridgehead atoms. The van der Waals surface area contributed by atoms with Gasteiger partial charge in [-0.15, -0.1) is 24.0 Å². The monoisotopic (exact) mass is 514 g/mol. The Morgan fingerprint density at radius 3 is 2.56 bits per heavy atom. The van der Waals surface area contributed by atoms with Gasteiger partial charge in [-0.3, -0.25) is 4.99 Å². The van der Waals surface area contributed by atoms with E-state index in [1.54, 1.807) is 20.0 Å². The third-order valence-corrected chi connectivity index (χ3v) is 5.94. The van der Waals surface area contributed by atoms with Gasteiger partial charge in [0, 0.05) is 33.2 Å². The minimum atomic E-state index is -3.13. The van der Waals surface area contributed by atoms with Crippen molar-refractivity contribution in [2.45, 2.75) is 33.6 Å². The molecule has 9 heteroatoms.